The number of benzene rings is 1. The number of likely N-dealkylation sites (tertiary alicyclic amines) is 1. The van der Waals surface area contributed by atoms with Crippen LogP contribution < -0.4 is 0 Å². The zero-order chi connectivity index (χ0) is 19.9. The molecule has 6 nitrogen and oxygen atoms in total. The number of amides is 1. The third-order valence-electron chi connectivity index (χ3n) is 6.24. The second-order valence-electron chi connectivity index (χ2n) is 8.31. The number of ether oxygens (including phenoxy) is 3. The predicted octanol–water partition coefficient (Wildman–Crippen LogP) is 3.31. The Hall–Kier alpha value is -2.34. The van der Waals surface area contributed by atoms with E-state index in [2.05, 4.69) is 6.92 Å². The summed E-state index contributed by atoms with van der Waals surface area (Å²) in [5, 5.41) is 0. The van der Waals surface area contributed by atoms with Crippen molar-refractivity contribution >= 4 is 12.1 Å². The van der Waals surface area contributed by atoms with Gasteiger partial charge in [-0.05, 0) is 31.9 Å². The van der Waals surface area contributed by atoms with Gasteiger partial charge in [-0.1, -0.05) is 37.3 Å². The largest absolute Gasteiger partial charge is 0.463 e. The maximum absolute atomic E-state index is 12.7. The molecule has 2 fully saturated rings. The van der Waals surface area contributed by atoms with Crippen LogP contribution in [0.2, 0.25) is 0 Å². The van der Waals surface area contributed by atoms with Gasteiger partial charge in [0.2, 0.25) is 0 Å². The highest BCUT2D eigenvalue weighted by atomic mass is 16.6. The van der Waals surface area contributed by atoms with Gasteiger partial charge >= 0.3 is 12.1 Å². The van der Waals surface area contributed by atoms with Crippen molar-refractivity contribution in [3.8, 4) is 0 Å². The standard InChI is InChI=1S/C22H27NO5/c1-4-26-18(24)16-12-22(3)19(28-22)21(2)14-23(11-10-17(16)21)20(25)27-13-15-8-6-5-7-9-15/h5-9,12,17,19H,4,10-11,13-14H2,1-3H3/t17-,19-,21-,22+/m0/s1. The average molecular weight is 385 g/mol. The Bertz CT molecular complexity index is 806. The van der Waals surface area contributed by atoms with Crippen LogP contribution in [0.25, 0.3) is 0 Å². The number of carbonyl (C=O) groups excluding carboxylic acids is 2. The molecular formula is C22H27NO5. The number of fused-ring (bicyclic) bond motifs is 3. The minimum Gasteiger partial charge on any atom is -0.463 e. The molecule has 28 heavy (non-hydrogen) atoms. The number of nitrogens with zero attached hydrogens (tertiary/aromatic N) is 1. The molecule has 0 spiro atoms. The first-order valence-corrected chi connectivity index (χ1v) is 9.90. The van der Waals surface area contributed by atoms with E-state index in [1.807, 2.05) is 50.3 Å². The molecule has 1 aromatic rings. The van der Waals surface area contributed by atoms with E-state index in [-0.39, 0.29) is 36.1 Å². The summed E-state index contributed by atoms with van der Waals surface area (Å²) in [5.74, 6) is -0.251. The molecule has 150 valence electrons. The van der Waals surface area contributed by atoms with Gasteiger partial charge in [-0.3, -0.25) is 0 Å². The molecule has 0 unspecified atom stereocenters. The highest BCUT2D eigenvalue weighted by Gasteiger charge is 2.68. The van der Waals surface area contributed by atoms with Crippen LogP contribution in [0.5, 0.6) is 0 Å². The smallest absolute Gasteiger partial charge is 0.410 e. The maximum atomic E-state index is 12.7. The lowest BCUT2D eigenvalue weighted by Gasteiger charge is -2.47. The Morgan fingerprint density at radius 1 is 1.21 bits per heavy atom. The van der Waals surface area contributed by atoms with Crippen LogP contribution in [-0.4, -0.2) is 48.4 Å². The molecule has 6 heteroatoms. The second kappa shape index (κ2) is 6.92. The highest BCUT2D eigenvalue weighted by molar-refractivity contribution is 5.90. The molecule has 4 atom stereocenters. The zero-order valence-electron chi connectivity index (χ0n) is 16.6. The molecule has 3 aliphatic rings. The van der Waals surface area contributed by atoms with Gasteiger partial charge < -0.3 is 19.1 Å². The van der Waals surface area contributed by atoms with Crippen LogP contribution in [0.15, 0.2) is 42.0 Å². The van der Waals surface area contributed by atoms with Crippen molar-refractivity contribution in [2.24, 2.45) is 11.3 Å². The number of hydrogen-bond acceptors (Lipinski definition) is 5. The van der Waals surface area contributed by atoms with Crippen molar-refractivity contribution in [2.45, 2.75) is 45.5 Å². The van der Waals surface area contributed by atoms with Gasteiger partial charge in [-0.15, -0.1) is 0 Å². The summed E-state index contributed by atoms with van der Waals surface area (Å²) in [6.45, 7) is 7.56. The van der Waals surface area contributed by atoms with Gasteiger partial charge in [-0.25, -0.2) is 9.59 Å². The molecule has 1 amide bonds. The van der Waals surface area contributed by atoms with Crippen molar-refractivity contribution in [1.82, 2.24) is 4.90 Å². The quantitative estimate of drug-likeness (QED) is 0.588. The first kappa shape index (κ1) is 19.0. The third-order valence-corrected chi connectivity index (χ3v) is 6.24. The maximum Gasteiger partial charge on any atom is 0.410 e. The van der Waals surface area contributed by atoms with Gasteiger partial charge in [0.15, 0.2) is 0 Å². The van der Waals surface area contributed by atoms with Crippen molar-refractivity contribution in [1.29, 1.82) is 0 Å². The Kier molecular flexibility index (Phi) is 4.70. The summed E-state index contributed by atoms with van der Waals surface area (Å²) in [6.07, 6.45) is 2.30. The van der Waals surface area contributed by atoms with Crippen LogP contribution in [-0.2, 0) is 25.6 Å². The third kappa shape index (κ3) is 3.20. The average Bonchev–Trinajstić information content (AvgIpc) is 3.39. The van der Waals surface area contributed by atoms with Gasteiger partial charge in [-0.2, -0.15) is 0 Å². The molecule has 2 aliphatic heterocycles. The van der Waals surface area contributed by atoms with Crippen LogP contribution in [0.1, 0.15) is 32.8 Å². The van der Waals surface area contributed by atoms with Crippen LogP contribution in [0.3, 0.4) is 0 Å². The van der Waals surface area contributed by atoms with Crippen LogP contribution in [0, 0.1) is 11.3 Å². The molecular weight excluding hydrogens is 358 g/mol. The molecule has 2 heterocycles. The minimum absolute atomic E-state index is 0.00657. The number of epoxide rings is 1. The topological polar surface area (TPSA) is 68.4 Å². The van der Waals surface area contributed by atoms with Gasteiger partial charge in [0.05, 0.1) is 12.7 Å². The molecule has 2 saturated heterocycles. The predicted molar refractivity (Wildman–Crippen MR) is 102 cm³/mol. The van der Waals surface area contributed by atoms with E-state index in [9.17, 15) is 9.59 Å². The lowest BCUT2D eigenvalue weighted by molar-refractivity contribution is -0.140. The molecule has 0 saturated carbocycles. The van der Waals surface area contributed by atoms with E-state index in [0.717, 1.165) is 5.56 Å². The lowest BCUT2D eigenvalue weighted by Crippen LogP contribution is -2.55. The fraction of sp³-hybridized carbons (Fsp3) is 0.545. The number of carbonyl (C=O) groups is 2. The van der Waals surface area contributed by atoms with Crippen molar-refractivity contribution < 1.29 is 23.8 Å². The van der Waals surface area contributed by atoms with Gasteiger partial charge in [0, 0.05) is 30.0 Å². The van der Waals surface area contributed by atoms with E-state index in [1.165, 1.54) is 0 Å². The summed E-state index contributed by atoms with van der Waals surface area (Å²) in [4.78, 5) is 26.9. The Balaban J connectivity index is 1.47. The fourth-order valence-corrected chi connectivity index (χ4v) is 4.90. The molecule has 1 aromatic carbocycles. The van der Waals surface area contributed by atoms with Crippen LogP contribution in [0.4, 0.5) is 4.79 Å². The van der Waals surface area contributed by atoms with Gasteiger partial charge in [0.25, 0.3) is 0 Å². The number of piperidine rings is 1. The van der Waals surface area contributed by atoms with Crippen LogP contribution >= 0.6 is 0 Å². The van der Waals surface area contributed by atoms with E-state index in [0.29, 0.717) is 31.7 Å². The summed E-state index contributed by atoms with van der Waals surface area (Å²) in [5.41, 5.74) is 0.859. The fourth-order valence-electron chi connectivity index (χ4n) is 4.90. The van der Waals surface area contributed by atoms with E-state index < -0.39 is 5.60 Å². The molecule has 0 radical (unpaired) electrons. The second-order valence-corrected chi connectivity index (χ2v) is 8.31. The number of rotatable bonds is 4. The molecule has 0 N–H and O–H groups in total. The first-order chi connectivity index (χ1) is 13.4. The normalized spacial score (nSPS) is 33.2. The van der Waals surface area contributed by atoms with Crippen molar-refractivity contribution in [3.63, 3.8) is 0 Å². The monoisotopic (exact) mass is 385 g/mol. The zero-order valence-corrected chi connectivity index (χ0v) is 16.6. The molecule has 0 aromatic heterocycles. The minimum atomic E-state index is -0.454. The number of esters is 1. The molecule has 4 rings (SSSR count). The van der Waals surface area contributed by atoms with E-state index >= 15 is 0 Å². The summed E-state index contributed by atoms with van der Waals surface area (Å²) in [6, 6.07) is 9.64. The highest BCUT2D eigenvalue weighted by Crippen LogP contribution is 2.60. The lowest BCUT2D eigenvalue weighted by atomic mass is 9.61. The summed E-state index contributed by atoms with van der Waals surface area (Å²) < 4.78 is 16.8. The van der Waals surface area contributed by atoms with Crippen molar-refractivity contribution in [2.75, 3.05) is 19.7 Å². The first-order valence-electron chi connectivity index (χ1n) is 9.90. The summed E-state index contributed by atoms with van der Waals surface area (Å²) >= 11 is 0. The Morgan fingerprint density at radius 3 is 2.68 bits per heavy atom. The van der Waals surface area contributed by atoms with E-state index in [1.54, 1.807) is 4.90 Å². The molecule has 1 aliphatic carbocycles. The number of hydrogen-bond donors (Lipinski definition) is 0. The van der Waals surface area contributed by atoms with Gasteiger partial charge in [0.1, 0.15) is 12.2 Å². The Labute approximate surface area is 165 Å². The van der Waals surface area contributed by atoms with Crippen molar-refractivity contribution in [3.05, 3.63) is 47.5 Å². The molecule has 0 bridgehead atoms. The SMILES string of the molecule is CCOC(=O)C1=C[C@@]2(C)O[C@H]2[C@@]2(C)CN(C(=O)OCc3ccccc3)CC[C@@H]12. The van der Waals surface area contributed by atoms with E-state index in [4.69, 9.17) is 14.2 Å². The Morgan fingerprint density at radius 2 is 1.96 bits per heavy atom. The summed E-state index contributed by atoms with van der Waals surface area (Å²) in [7, 11) is 0.